The number of carbonyl (C=O) groups is 2. The van der Waals surface area contributed by atoms with E-state index in [9.17, 15) is 14.8 Å². The number of rotatable bonds is 6. The largest absolute Gasteiger partial charge is 0.619 e. The molecule has 8 heteroatoms. The van der Waals surface area contributed by atoms with E-state index in [0.717, 1.165) is 22.7 Å². The zero-order valence-electron chi connectivity index (χ0n) is 17.4. The molecule has 156 valence electrons. The molecule has 0 spiro atoms. The standard InChI is InChI=1S/C22H24N4O4/c1-15(27)13-26-19-8-7-17(30-4)12-18(19)22(2,3)20(26)9-10-23-24-21(28)16-6-5-11-25(29)14-16/h5-12,14H,13H2,1-4H3,(H,24,28)/b20-9-,23-10+. The van der Waals surface area contributed by atoms with Gasteiger partial charge in [-0.2, -0.15) is 9.83 Å². The number of hydrogen-bond acceptors (Lipinski definition) is 6. The van der Waals surface area contributed by atoms with Crippen molar-refractivity contribution >= 4 is 23.6 Å². The molecule has 3 rings (SSSR count). The number of ether oxygens (including phenoxy) is 1. The number of aromatic nitrogens is 1. The van der Waals surface area contributed by atoms with Crippen LogP contribution in [0, 0.1) is 5.21 Å². The second-order valence-corrected chi connectivity index (χ2v) is 7.52. The van der Waals surface area contributed by atoms with Gasteiger partial charge in [-0.3, -0.25) is 9.59 Å². The molecule has 1 amide bonds. The third kappa shape index (κ3) is 4.17. The Hall–Kier alpha value is -3.68. The molecule has 1 aromatic heterocycles. The molecule has 0 saturated carbocycles. The molecular weight excluding hydrogens is 384 g/mol. The summed E-state index contributed by atoms with van der Waals surface area (Å²) in [4.78, 5) is 25.9. The summed E-state index contributed by atoms with van der Waals surface area (Å²) in [5.41, 5.74) is 5.05. The first-order valence-electron chi connectivity index (χ1n) is 9.42. The Morgan fingerprint density at radius 2 is 2.10 bits per heavy atom. The zero-order chi connectivity index (χ0) is 21.9. The lowest BCUT2D eigenvalue weighted by molar-refractivity contribution is -0.605. The van der Waals surface area contributed by atoms with Crippen LogP contribution in [-0.4, -0.2) is 31.6 Å². The number of carbonyl (C=O) groups excluding carboxylic acids is 2. The molecule has 30 heavy (non-hydrogen) atoms. The molecule has 0 saturated heterocycles. The zero-order valence-corrected chi connectivity index (χ0v) is 17.4. The van der Waals surface area contributed by atoms with Crippen LogP contribution in [0.1, 0.15) is 36.7 Å². The highest BCUT2D eigenvalue weighted by molar-refractivity contribution is 5.94. The smallest absolute Gasteiger partial charge is 0.277 e. The summed E-state index contributed by atoms with van der Waals surface area (Å²) in [5.74, 6) is 0.278. The SMILES string of the molecule is COc1ccc2c(c1)C(C)(C)/C(=C/C=N/NC(=O)c1ccc[n+]([O-])c1)N2CC(C)=O. The lowest BCUT2D eigenvalue weighted by atomic mass is 9.83. The van der Waals surface area contributed by atoms with Gasteiger partial charge in [-0.05, 0) is 42.8 Å². The van der Waals surface area contributed by atoms with Crippen LogP contribution in [0.15, 0.2) is 59.6 Å². The first-order chi connectivity index (χ1) is 14.2. The Bertz CT molecular complexity index is 1040. The lowest BCUT2D eigenvalue weighted by Gasteiger charge is -2.25. The van der Waals surface area contributed by atoms with E-state index in [4.69, 9.17) is 4.74 Å². The fraction of sp³-hybridized carbons (Fsp3) is 0.273. The van der Waals surface area contributed by atoms with Crippen LogP contribution in [0.2, 0.25) is 0 Å². The normalized spacial score (nSPS) is 16.0. The summed E-state index contributed by atoms with van der Waals surface area (Å²) in [6, 6.07) is 8.78. The van der Waals surface area contributed by atoms with Crippen molar-refractivity contribution in [2.75, 3.05) is 18.6 Å². The monoisotopic (exact) mass is 408 g/mol. The highest BCUT2D eigenvalue weighted by Gasteiger charge is 2.40. The number of anilines is 1. The molecule has 2 heterocycles. The Labute approximate surface area is 175 Å². The number of ketones is 1. The Morgan fingerprint density at radius 1 is 1.33 bits per heavy atom. The molecule has 0 fully saturated rings. The molecule has 1 aliphatic heterocycles. The van der Waals surface area contributed by atoms with Crippen LogP contribution in [0.25, 0.3) is 0 Å². The minimum Gasteiger partial charge on any atom is -0.619 e. The van der Waals surface area contributed by atoms with Crippen LogP contribution in [-0.2, 0) is 10.2 Å². The Kier molecular flexibility index (Phi) is 5.86. The number of amides is 1. The molecule has 1 N–H and O–H groups in total. The summed E-state index contributed by atoms with van der Waals surface area (Å²) in [6.45, 7) is 5.88. The number of Topliss-reactive ketones (excluding diaryl/α,β-unsaturated/α-hetero) is 1. The van der Waals surface area contributed by atoms with Crippen molar-refractivity contribution in [3.8, 4) is 5.75 Å². The van der Waals surface area contributed by atoms with Gasteiger partial charge in [0.1, 0.15) is 17.1 Å². The van der Waals surface area contributed by atoms with Crippen LogP contribution in [0.5, 0.6) is 5.75 Å². The van der Waals surface area contributed by atoms with Crippen molar-refractivity contribution in [3.05, 3.63) is 70.8 Å². The minimum atomic E-state index is -0.492. The van der Waals surface area contributed by atoms with Crippen molar-refractivity contribution in [1.29, 1.82) is 0 Å². The first-order valence-corrected chi connectivity index (χ1v) is 9.42. The van der Waals surface area contributed by atoms with E-state index in [2.05, 4.69) is 24.4 Å². The molecule has 0 aliphatic carbocycles. The van der Waals surface area contributed by atoms with Gasteiger partial charge in [0.2, 0.25) is 0 Å². The highest BCUT2D eigenvalue weighted by atomic mass is 16.5. The molecule has 0 unspecified atom stereocenters. The Morgan fingerprint density at radius 3 is 2.77 bits per heavy atom. The van der Waals surface area contributed by atoms with Gasteiger partial charge in [0.15, 0.2) is 12.4 Å². The number of nitrogens with zero attached hydrogens (tertiary/aromatic N) is 3. The topological polar surface area (TPSA) is 97.9 Å². The molecule has 0 radical (unpaired) electrons. The number of hydrogen-bond donors (Lipinski definition) is 1. The summed E-state index contributed by atoms with van der Waals surface area (Å²) in [7, 11) is 1.62. The number of allylic oxidation sites excluding steroid dienone is 2. The quantitative estimate of drug-likeness (QED) is 0.342. The molecule has 0 atom stereocenters. The van der Waals surface area contributed by atoms with Crippen LogP contribution in [0.4, 0.5) is 5.69 Å². The van der Waals surface area contributed by atoms with Gasteiger partial charge in [0, 0.05) is 29.1 Å². The first kappa shape index (κ1) is 21.0. The number of benzene rings is 1. The maximum Gasteiger partial charge on any atom is 0.277 e. The third-order valence-corrected chi connectivity index (χ3v) is 4.99. The van der Waals surface area contributed by atoms with Crippen molar-refractivity contribution in [3.63, 3.8) is 0 Å². The Balaban J connectivity index is 1.86. The van der Waals surface area contributed by atoms with Gasteiger partial charge >= 0.3 is 0 Å². The van der Waals surface area contributed by atoms with E-state index in [1.165, 1.54) is 30.7 Å². The fourth-order valence-electron chi connectivity index (χ4n) is 3.53. The van der Waals surface area contributed by atoms with Crippen LogP contribution < -0.4 is 19.8 Å². The van der Waals surface area contributed by atoms with Gasteiger partial charge in [-0.25, -0.2) is 5.43 Å². The predicted octanol–water partition coefficient (Wildman–Crippen LogP) is 2.31. The maximum absolute atomic E-state index is 12.1. The summed E-state index contributed by atoms with van der Waals surface area (Å²) in [5, 5.41) is 15.3. The van der Waals surface area contributed by atoms with E-state index >= 15 is 0 Å². The summed E-state index contributed by atoms with van der Waals surface area (Å²) < 4.78 is 5.91. The van der Waals surface area contributed by atoms with E-state index in [-0.39, 0.29) is 17.9 Å². The van der Waals surface area contributed by atoms with Gasteiger partial charge < -0.3 is 14.8 Å². The molecule has 1 aliphatic rings. The second-order valence-electron chi connectivity index (χ2n) is 7.52. The molecule has 1 aromatic carbocycles. The van der Waals surface area contributed by atoms with Crippen molar-refractivity contribution in [2.45, 2.75) is 26.2 Å². The number of fused-ring (bicyclic) bond motifs is 1. The predicted molar refractivity (Wildman–Crippen MR) is 113 cm³/mol. The fourth-order valence-corrected chi connectivity index (χ4v) is 3.53. The number of pyridine rings is 1. The van der Waals surface area contributed by atoms with E-state index in [0.29, 0.717) is 4.73 Å². The summed E-state index contributed by atoms with van der Waals surface area (Å²) in [6.07, 6.45) is 5.71. The van der Waals surface area contributed by atoms with E-state index in [1.807, 2.05) is 23.1 Å². The molecular formula is C22H24N4O4. The van der Waals surface area contributed by atoms with Gasteiger partial charge in [-0.15, -0.1) is 0 Å². The van der Waals surface area contributed by atoms with Crippen molar-refractivity contribution < 1.29 is 19.1 Å². The average molecular weight is 408 g/mol. The van der Waals surface area contributed by atoms with E-state index < -0.39 is 11.3 Å². The lowest BCUT2D eigenvalue weighted by Crippen LogP contribution is -2.30. The van der Waals surface area contributed by atoms with Crippen molar-refractivity contribution in [2.24, 2.45) is 5.10 Å². The molecule has 8 nitrogen and oxygen atoms in total. The number of nitrogens with one attached hydrogen (secondary N) is 1. The van der Waals surface area contributed by atoms with Gasteiger partial charge in [-0.1, -0.05) is 13.8 Å². The van der Waals surface area contributed by atoms with Crippen molar-refractivity contribution in [1.82, 2.24) is 5.43 Å². The second kappa shape index (κ2) is 8.36. The number of methoxy groups -OCH3 is 1. The van der Waals surface area contributed by atoms with Gasteiger partial charge in [0.25, 0.3) is 5.91 Å². The molecule has 0 bridgehead atoms. The number of hydrazone groups is 1. The maximum atomic E-state index is 12.1. The minimum absolute atomic E-state index is 0.0283. The van der Waals surface area contributed by atoms with Crippen LogP contribution >= 0.6 is 0 Å². The molecule has 2 aromatic rings. The highest BCUT2D eigenvalue weighted by Crippen LogP contribution is 2.48. The summed E-state index contributed by atoms with van der Waals surface area (Å²) >= 11 is 0. The van der Waals surface area contributed by atoms with Gasteiger partial charge in [0.05, 0.1) is 13.7 Å². The average Bonchev–Trinajstić information content (AvgIpc) is 2.91. The van der Waals surface area contributed by atoms with E-state index in [1.54, 1.807) is 20.1 Å². The third-order valence-electron chi connectivity index (χ3n) is 4.99. The van der Waals surface area contributed by atoms with Crippen LogP contribution in [0.3, 0.4) is 0 Å².